The molecule has 1 aliphatic heterocycles. The summed E-state index contributed by atoms with van der Waals surface area (Å²) in [5.74, 6) is 1.23. The van der Waals surface area contributed by atoms with Crippen LogP contribution in [-0.2, 0) is 6.61 Å². The Morgan fingerprint density at radius 1 is 1.47 bits per heavy atom. The molecule has 0 aromatic carbocycles. The first kappa shape index (κ1) is 12.3. The van der Waals surface area contributed by atoms with Crippen molar-refractivity contribution in [3.8, 4) is 0 Å². The maximum absolute atomic E-state index is 14.0. The summed E-state index contributed by atoms with van der Waals surface area (Å²) in [6.45, 7) is 5.81. The van der Waals surface area contributed by atoms with Crippen LogP contribution in [0.25, 0.3) is 0 Å². The molecule has 1 N–H and O–H groups in total. The van der Waals surface area contributed by atoms with E-state index < -0.39 is 0 Å². The average molecular weight is 238 g/mol. The van der Waals surface area contributed by atoms with Gasteiger partial charge in [-0.2, -0.15) is 0 Å². The molecular weight excluding hydrogens is 219 g/mol. The number of piperidine rings is 1. The zero-order valence-corrected chi connectivity index (χ0v) is 10.4. The SMILES string of the molecule is CC1CCN(c2nccc(CO)c2F)CC1C. The van der Waals surface area contributed by atoms with Crippen molar-refractivity contribution >= 4 is 5.82 Å². The van der Waals surface area contributed by atoms with Crippen molar-refractivity contribution in [3.63, 3.8) is 0 Å². The number of pyridine rings is 1. The first-order valence-corrected chi connectivity index (χ1v) is 6.12. The number of anilines is 1. The number of nitrogens with zero attached hydrogens (tertiary/aromatic N) is 2. The number of aliphatic hydroxyl groups is 1. The van der Waals surface area contributed by atoms with Crippen molar-refractivity contribution in [2.24, 2.45) is 11.8 Å². The Hall–Kier alpha value is -1.16. The number of aromatic nitrogens is 1. The first-order valence-electron chi connectivity index (χ1n) is 6.12. The predicted octanol–water partition coefficient (Wildman–Crippen LogP) is 2.20. The monoisotopic (exact) mass is 238 g/mol. The van der Waals surface area contributed by atoms with E-state index >= 15 is 0 Å². The minimum Gasteiger partial charge on any atom is -0.392 e. The summed E-state index contributed by atoms with van der Waals surface area (Å²) in [4.78, 5) is 6.10. The fourth-order valence-corrected chi connectivity index (χ4v) is 2.27. The van der Waals surface area contributed by atoms with Crippen LogP contribution in [0.5, 0.6) is 0 Å². The number of hydrogen-bond donors (Lipinski definition) is 1. The van der Waals surface area contributed by atoms with Crippen LogP contribution in [0.2, 0.25) is 0 Å². The van der Waals surface area contributed by atoms with Gasteiger partial charge in [0.1, 0.15) is 0 Å². The maximum Gasteiger partial charge on any atom is 0.171 e. The second-order valence-electron chi connectivity index (χ2n) is 4.96. The molecule has 17 heavy (non-hydrogen) atoms. The molecule has 2 heterocycles. The molecule has 3 nitrogen and oxygen atoms in total. The third kappa shape index (κ3) is 2.41. The van der Waals surface area contributed by atoms with Gasteiger partial charge in [0.2, 0.25) is 0 Å². The lowest BCUT2D eigenvalue weighted by molar-refractivity contribution is 0.275. The fraction of sp³-hybridized carbons (Fsp3) is 0.615. The van der Waals surface area contributed by atoms with E-state index in [0.717, 1.165) is 19.5 Å². The molecule has 0 saturated carbocycles. The Balaban J connectivity index is 2.23. The molecule has 0 bridgehead atoms. The first-order chi connectivity index (χ1) is 8.13. The lowest BCUT2D eigenvalue weighted by Crippen LogP contribution is -2.39. The quantitative estimate of drug-likeness (QED) is 0.858. The summed E-state index contributed by atoms with van der Waals surface area (Å²) in [6, 6.07) is 1.52. The molecule has 2 atom stereocenters. The van der Waals surface area contributed by atoms with Crippen molar-refractivity contribution in [2.45, 2.75) is 26.9 Å². The Kier molecular flexibility index (Phi) is 3.62. The van der Waals surface area contributed by atoms with Gasteiger partial charge >= 0.3 is 0 Å². The highest BCUT2D eigenvalue weighted by molar-refractivity contribution is 5.43. The van der Waals surface area contributed by atoms with Gasteiger partial charge in [-0.05, 0) is 24.3 Å². The lowest BCUT2D eigenvalue weighted by Gasteiger charge is -2.36. The molecule has 1 aromatic rings. The van der Waals surface area contributed by atoms with Crippen molar-refractivity contribution < 1.29 is 9.50 Å². The smallest absolute Gasteiger partial charge is 0.171 e. The van der Waals surface area contributed by atoms with Crippen LogP contribution in [0, 0.1) is 17.7 Å². The average Bonchev–Trinajstić information content (AvgIpc) is 2.33. The molecular formula is C13H19FN2O. The molecule has 2 unspecified atom stereocenters. The second kappa shape index (κ2) is 5.00. The van der Waals surface area contributed by atoms with Crippen LogP contribution in [0.4, 0.5) is 10.2 Å². The molecule has 0 amide bonds. The lowest BCUT2D eigenvalue weighted by atomic mass is 9.88. The van der Waals surface area contributed by atoms with Crippen molar-refractivity contribution in [1.29, 1.82) is 0 Å². The molecule has 4 heteroatoms. The van der Waals surface area contributed by atoms with Crippen LogP contribution in [0.1, 0.15) is 25.8 Å². The van der Waals surface area contributed by atoms with Crippen molar-refractivity contribution in [1.82, 2.24) is 4.98 Å². The molecule has 94 valence electrons. The number of rotatable bonds is 2. The molecule has 0 aliphatic carbocycles. The summed E-state index contributed by atoms with van der Waals surface area (Å²) >= 11 is 0. The van der Waals surface area contributed by atoms with Crippen LogP contribution in [0.15, 0.2) is 12.3 Å². The summed E-state index contributed by atoms with van der Waals surface area (Å²) in [6.07, 6.45) is 2.62. The summed E-state index contributed by atoms with van der Waals surface area (Å²) in [7, 11) is 0. The molecule has 1 fully saturated rings. The van der Waals surface area contributed by atoms with Gasteiger partial charge in [-0.1, -0.05) is 13.8 Å². The van der Waals surface area contributed by atoms with E-state index in [9.17, 15) is 4.39 Å². The molecule has 1 aromatic heterocycles. The zero-order chi connectivity index (χ0) is 12.4. The van der Waals surface area contributed by atoms with E-state index in [2.05, 4.69) is 18.8 Å². The Bertz CT molecular complexity index is 397. The van der Waals surface area contributed by atoms with Crippen molar-refractivity contribution in [3.05, 3.63) is 23.6 Å². The van der Waals surface area contributed by atoms with Gasteiger partial charge < -0.3 is 10.0 Å². The minimum atomic E-state index is -0.378. The van der Waals surface area contributed by atoms with E-state index in [0.29, 0.717) is 23.2 Å². The van der Waals surface area contributed by atoms with Gasteiger partial charge in [0, 0.05) is 24.8 Å². The second-order valence-corrected chi connectivity index (χ2v) is 4.96. The van der Waals surface area contributed by atoms with E-state index in [-0.39, 0.29) is 12.4 Å². The standard InChI is InChI=1S/C13H19FN2O/c1-9-4-6-16(7-10(9)2)13-12(14)11(8-17)3-5-15-13/h3,5,9-10,17H,4,6-8H2,1-2H3. The van der Waals surface area contributed by atoms with Crippen LogP contribution in [-0.4, -0.2) is 23.2 Å². The van der Waals surface area contributed by atoms with Gasteiger partial charge in [0.25, 0.3) is 0 Å². The number of hydrogen-bond acceptors (Lipinski definition) is 3. The van der Waals surface area contributed by atoms with Gasteiger partial charge in [-0.15, -0.1) is 0 Å². The maximum atomic E-state index is 14.0. The molecule has 0 radical (unpaired) electrons. The molecule has 0 spiro atoms. The highest BCUT2D eigenvalue weighted by atomic mass is 19.1. The summed E-state index contributed by atoms with van der Waals surface area (Å²) in [5.41, 5.74) is 0.321. The van der Waals surface area contributed by atoms with Gasteiger partial charge in [0.05, 0.1) is 6.61 Å². The molecule has 1 saturated heterocycles. The van der Waals surface area contributed by atoms with Crippen LogP contribution < -0.4 is 4.90 Å². The Labute approximate surface area is 101 Å². The zero-order valence-electron chi connectivity index (χ0n) is 10.4. The normalized spacial score (nSPS) is 25.1. The molecule has 2 rings (SSSR count). The minimum absolute atomic E-state index is 0.277. The molecule has 1 aliphatic rings. The third-order valence-electron chi connectivity index (χ3n) is 3.75. The highest BCUT2D eigenvalue weighted by Crippen LogP contribution is 2.28. The predicted molar refractivity (Wildman–Crippen MR) is 65.3 cm³/mol. The largest absolute Gasteiger partial charge is 0.392 e. The third-order valence-corrected chi connectivity index (χ3v) is 3.75. The van der Waals surface area contributed by atoms with Crippen LogP contribution >= 0.6 is 0 Å². The van der Waals surface area contributed by atoms with Crippen molar-refractivity contribution in [2.75, 3.05) is 18.0 Å². The summed E-state index contributed by atoms with van der Waals surface area (Å²) < 4.78 is 14.0. The van der Waals surface area contributed by atoms with E-state index in [1.807, 2.05) is 4.90 Å². The van der Waals surface area contributed by atoms with Crippen LogP contribution in [0.3, 0.4) is 0 Å². The van der Waals surface area contributed by atoms with Gasteiger partial charge in [-0.3, -0.25) is 0 Å². The fourth-order valence-electron chi connectivity index (χ4n) is 2.27. The number of halogens is 1. The Morgan fingerprint density at radius 2 is 2.24 bits per heavy atom. The van der Waals surface area contributed by atoms with E-state index in [1.165, 1.54) is 6.07 Å². The van der Waals surface area contributed by atoms with Gasteiger partial charge in [-0.25, -0.2) is 9.37 Å². The van der Waals surface area contributed by atoms with Gasteiger partial charge in [0.15, 0.2) is 11.6 Å². The Morgan fingerprint density at radius 3 is 2.88 bits per heavy atom. The van der Waals surface area contributed by atoms with E-state index in [1.54, 1.807) is 6.20 Å². The highest BCUT2D eigenvalue weighted by Gasteiger charge is 2.25. The number of aliphatic hydroxyl groups excluding tert-OH is 1. The summed E-state index contributed by atoms with van der Waals surface area (Å²) in [5, 5.41) is 9.05. The topological polar surface area (TPSA) is 36.4 Å². The van der Waals surface area contributed by atoms with E-state index in [4.69, 9.17) is 5.11 Å².